The first-order valence-electron chi connectivity index (χ1n) is 2.04. The van der Waals surface area contributed by atoms with Gasteiger partial charge in [0.05, 0.1) is 0 Å². The molecule has 0 saturated heterocycles. The summed E-state index contributed by atoms with van der Waals surface area (Å²) >= 11 is 0. The first-order valence-corrected chi connectivity index (χ1v) is 2.04. The summed E-state index contributed by atoms with van der Waals surface area (Å²) in [6, 6.07) is 0. The molecular weight excluding hydrogens is 94.1 g/mol. The lowest BCUT2D eigenvalue weighted by atomic mass is 11.1. The van der Waals surface area contributed by atoms with Crippen LogP contribution in [0.3, 0.4) is 0 Å². The Kier molecular flexibility index (Phi) is 2.17. The van der Waals surface area contributed by atoms with Crippen LogP contribution in [0.5, 0.6) is 0 Å². The third kappa shape index (κ3) is 5.84. The maximum Gasteiger partial charge on any atom is 0.120 e. The highest BCUT2D eigenvalue weighted by atomic mass is 16.9. The summed E-state index contributed by atoms with van der Waals surface area (Å²) in [7, 11) is 5.07. The number of nitrogens with zero attached hydrogens (tertiary/aromatic N) is 1. The Balaban J connectivity index is 3.15. The van der Waals surface area contributed by atoms with Gasteiger partial charge in [-0.05, 0) is 0 Å². The molecule has 44 valence electrons. The number of hydrogen-bond acceptors (Lipinski definition) is 3. The van der Waals surface area contributed by atoms with Gasteiger partial charge in [-0.1, -0.05) is 9.69 Å². The molecule has 4 heteroatoms. The Morgan fingerprint density at radius 3 is 2.00 bits per heavy atom. The van der Waals surface area contributed by atoms with Crippen molar-refractivity contribution in [3.63, 3.8) is 0 Å². The van der Waals surface area contributed by atoms with Crippen LogP contribution in [0.25, 0.3) is 0 Å². The number of nitrogens with one attached hydrogen (secondary N) is 1. The second kappa shape index (κ2) is 2.23. The normalized spacial score (nSPS) is 12.0. The summed E-state index contributed by atoms with van der Waals surface area (Å²) in [6.07, 6.45) is 0. The Hall–Kier alpha value is -0.160. The minimum Gasteiger partial charge on any atom is -0.149 e. The van der Waals surface area contributed by atoms with E-state index in [1.807, 2.05) is 0 Å². The van der Waals surface area contributed by atoms with Gasteiger partial charge in [0, 0.05) is 7.05 Å². The van der Waals surface area contributed by atoms with Crippen LogP contribution in [0.2, 0.25) is 0 Å². The van der Waals surface area contributed by atoms with E-state index in [4.69, 9.17) is 10.8 Å². The maximum atomic E-state index is 5.30. The van der Waals surface area contributed by atoms with Gasteiger partial charge in [0.25, 0.3) is 0 Å². The molecule has 0 fully saturated rings. The van der Waals surface area contributed by atoms with Gasteiger partial charge in [-0.25, -0.2) is 0 Å². The van der Waals surface area contributed by atoms with Crippen molar-refractivity contribution >= 4 is 0 Å². The standard InChI is InChI=1S/C3H12N3O/c1-5-7-6(2,3)4/h5H,4H2,1-3H3/q+1. The van der Waals surface area contributed by atoms with Crippen LogP contribution >= 0.6 is 0 Å². The predicted molar refractivity (Wildman–Crippen MR) is 26.4 cm³/mol. The zero-order valence-electron chi connectivity index (χ0n) is 4.93. The molecule has 7 heavy (non-hydrogen) atoms. The van der Waals surface area contributed by atoms with Gasteiger partial charge in [0.1, 0.15) is 14.1 Å². The van der Waals surface area contributed by atoms with Crippen molar-refractivity contribution in [1.29, 1.82) is 0 Å². The molecule has 0 saturated carbocycles. The molecule has 0 aliphatic carbocycles. The molecule has 4 nitrogen and oxygen atoms in total. The zero-order chi connectivity index (χ0) is 5.91. The molecule has 0 amide bonds. The minimum atomic E-state index is -0.0174. The molecule has 0 aromatic rings. The van der Waals surface area contributed by atoms with Gasteiger partial charge in [-0.2, -0.15) is 0 Å². The molecule has 0 aliphatic rings. The van der Waals surface area contributed by atoms with E-state index < -0.39 is 0 Å². The Bertz CT molecular complexity index is 48.6. The van der Waals surface area contributed by atoms with E-state index in [0.717, 1.165) is 0 Å². The van der Waals surface area contributed by atoms with Crippen LogP contribution in [0.1, 0.15) is 0 Å². The van der Waals surface area contributed by atoms with E-state index in [-0.39, 0.29) is 4.76 Å². The highest BCUT2D eigenvalue weighted by Gasteiger charge is 2.05. The van der Waals surface area contributed by atoms with E-state index in [0.29, 0.717) is 0 Å². The minimum absolute atomic E-state index is 0.0174. The molecule has 0 rings (SSSR count). The smallest absolute Gasteiger partial charge is 0.120 e. The first-order chi connectivity index (χ1) is 3.06. The summed E-state index contributed by atoms with van der Waals surface area (Å²) in [6.45, 7) is 0. The highest BCUT2D eigenvalue weighted by molar-refractivity contribution is 3.78. The number of rotatable bonds is 2. The third-order valence-corrected chi connectivity index (χ3v) is 0.327. The van der Waals surface area contributed by atoms with Crippen LogP contribution in [0.4, 0.5) is 0 Å². The van der Waals surface area contributed by atoms with Crippen LogP contribution < -0.4 is 11.3 Å². The van der Waals surface area contributed by atoms with Gasteiger partial charge in [-0.15, -0.1) is 11.3 Å². The first kappa shape index (κ1) is 6.84. The molecule has 0 heterocycles. The predicted octanol–water partition coefficient (Wildman–Crippen LogP) is -0.997. The summed E-state index contributed by atoms with van der Waals surface area (Å²) in [4.78, 5) is 4.69. The molecule has 0 aromatic heterocycles. The fourth-order valence-electron chi connectivity index (χ4n) is 0.235. The van der Waals surface area contributed by atoms with Crippen LogP contribution in [0, 0.1) is 0 Å². The van der Waals surface area contributed by atoms with E-state index in [1.165, 1.54) is 0 Å². The van der Waals surface area contributed by atoms with Crippen molar-refractivity contribution < 1.29 is 9.69 Å². The average Bonchev–Trinajstić information content (AvgIpc) is 1.30. The van der Waals surface area contributed by atoms with Crippen molar-refractivity contribution in [2.75, 3.05) is 21.1 Å². The van der Waals surface area contributed by atoms with Crippen molar-refractivity contribution in [2.45, 2.75) is 0 Å². The van der Waals surface area contributed by atoms with Crippen molar-refractivity contribution in [3.05, 3.63) is 0 Å². The highest BCUT2D eigenvalue weighted by Crippen LogP contribution is 1.78. The number of hydroxylamine groups is 3. The lowest BCUT2D eigenvalue weighted by Crippen LogP contribution is -2.49. The molecular formula is C3H12N3O+. The average molecular weight is 106 g/mol. The lowest BCUT2D eigenvalue weighted by Gasteiger charge is -2.16. The van der Waals surface area contributed by atoms with Gasteiger partial charge < -0.3 is 0 Å². The lowest BCUT2D eigenvalue weighted by molar-refractivity contribution is -1.10. The molecule has 3 N–H and O–H groups in total. The molecule has 0 bridgehead atoms. The number of nitrogens with two attached hydrogens (primary N) is 1. The van der Waals surface area contributed by atoms with Crippen LogP contribution in [-0.2, 0) is 4.94 Å². The van der Waals surface area contributed by atoms with Crippen LogP contribution in [0.15, 0.2) is 0 Å². The topological polar surface area (TPSA) is 47.3 Å². The summed E-state index contributed by atoms with van der Waals surface area (Å²) in [5, 5.41) is 0. The molecule has 0 unspecified atom stereocenters. The second-order valence-corrected chi connectivity index (χ2v) is 1.73. The molecule has 0 aliphatic heterocycles. The molecule has 0 radical (unpaired) electrons. The molecule has 0 spiro atoms. The van der Waals surface area contributed by atoms with Gasteiger partial charge >= 0.3 is 0 Å². The van der Waals surface area contributed by atoms with Gasteiger partial charge in [0.2, 0.25) is 0 Å². The molecule has 0 aromatic carbocycles. The maximum absolute atomic E-state index is 5.30. The SMILES string of the molecule is CNO[N+](C)(C)N. The largest absolute Gasteiger partial charge is 0.149 e. The molecule has 0 atom stereocenters. The van der Waals surface area contributed by atoms with E-state index in [2.05, 4.69) is 5.48 Å². The zero-order valence-corrected chi connectivity index (χ0v) is 4.93. The second-order valence-electron chi connectivity index (χ2n) is 1.73. The Labute approximate surface area is 43.3 Å². The number of hydrogen-bond donors (Lipinski definition) is 2. The quantitative estimate of drug-likeness (QED) is 0.270. The Morgan fingerprint density at radius 1 is 1.57 bits per heavy atom. The monoisotopic (exact) mass is 106 g/mol. The third-order valence-electron chi connectivity index (χ3n) is 0.327. The van der Waals surface area contributed by atoms with Gasteiger partial charge in [0.15, 0.2) is 0 Å². The summed E-state index contributed by atoms with van der Waals surface area (Å²) in [5.41, 5.74) is 2.45. The van der Waals surface area contributed by atoms with E-state index >= 15 is 0 Å². The van der Waals surface area contributed by atoms with Gasteiger partial charge in [-0.3, -0.25) is 0 Å². The Morgan fingerprint density at radius 2 is 2.00 bits per heavy atom. The fraction of sp³-hybridized carbons (Fsp3) is 1.00. The number of quaternary nitrogens is 1. The van der Waals surface area contributed by atoms with E-state index in [1.54, 1.807) is 21.1 Å². The van der Waals surface area contributed by atoms with Crippen molar-refractivity contribution in [3.8, 4) is 0 Å². The van der Waals surface area contributed by atoms with Crippen molar-refractivity contribution in [2.24, 2.45) is 5.84 Å². The fourth-order valence-corrected chi connectivity index (χ4v) is 0.235. The summed E-state index contributed by atoms with van der Waals surface area (Å²) < 4.78 is -0.0174. The summed E-state index contributed by atoms with van der Waals surface area (Å²) in [5.74, 6) is 5.30. The van der Waals surface area contributed by atoms with E-state index in [9.17, 15) is 0 Å². The van der Waals surface area contributed by atoms with Crippen LogP contribution in [-0.4, -0.2) is 25.9 Å². The van der Waals surface area contributed by atoms with Crippen molar-refractivity contribution in [1.82, 2.24) is 5.48 Å².